The fourth-order valence-corrected chi connectivity index (χ4v) is 6.84. The van der Waals surface area contributed by atoms with Crippen molar-refractivity contribution in [2.24, 2.45) is 0 Å². The predicted molar refractivity (Wildman–Crippen MR) is 169 cm³/mol. The van der Waals surface area contributed by atoms with Crippen molar-refractivity contribution in [1.82, 2.24) is 19.6 Å². The lowest BCUT2D eigenvalue weighted by Gasteiger charge is -2.38. The molecule has 0 unspecified atom stereocenters. The zero-order valence-corrected chi connectivity index (χ0v) is 26.7. The quantitative estimate of drug-likeness (QED) is 0.459. The molecule has 3 heterocycles. The molecule has 0 bridgehead atoms. The van der Waals surface area contributed by atoms with Crippen LogP contribution < -0.4 is 5.32 Å². The Hall–Kier alpha value is -3.01. The number of nitrogens with one attached hydrogen (secondary N) is 1. The molecule has 2 fully saturated rings. The summed E-state index contributed by atoms with van der Waals surface area (Å²) in [5.41, 5.74) is 3.48. The Labute approximate surface area is 264 Å². The number of amides is 4. The van der Waals surface area contributed by atoms with Gasteiger partial charge in [-0.3, -0.25) is 4.79 Å². The molecule has 0 spiro atoms. The molecule has 2 aromatic carbocycles. The number of rotatable bonds is 6. The van der Waals surface area contributed by atoms with Crippen molar-refractivity contribution in [2.45, 2.75) is 63.6 Å². The van der Waals surface area contributed by atoms with Crippen LogP contribution >= 0.6 is 23.2 Å². The van der Waals surface area contributed by atoms with Crippen LogP contribution in [0.5, 0.6) is 0 Å². The highest BCUT2D eigenvalue weighted by molar-refractivity contribution is 6.36. The van der Waals surface area contributed by atoms with Gasteiger partial charge in [0.25, 0.3) is 5.91 Å². The minimum Gasteiger partial charge on any atom is -0.436 e. The number of piperidine rings is 2. The standard InChI is InChI=1S/C32H41Cl2N5O4/c1-21-26(33)18-22(19-27(21)34)20-29(30(40)37-13-9-24(10-14-37)36(2)3)43-32(42)38-15-11-25(12-16-38)39-17-8-23-6-4-5-7-28(23)35-31(39)41/h4-7,18-19,24-25,29H,8-17,20H2,1-3H3,(H,35,41)/t29-/m1/s1. The summed E-state index contributed by atoms with van der Waals surface area (Å²) in [7, 11) is 4.11. The summed E-state index contributed by atoms with van der Waals surface area (Å²) in [6.45, 7) is 4.57. The number of carbonyl (C=O) groups is 3. The summed E-state index contributed by atoms with van der Waals surface area (Å²) in [6.07, 6.45) is 2.46. The van der Waals surface area contributed by atoms with Crippen LogP contribution in [0.15, 0.2) is 36.4 Å². The molecule has 0 radical (unpaired) electrons. The van der Waals surface area contributed by atoms with E-state index in [1.165, 1.54) is 0 Å². The number of halogens is 2. The van der Waals surface area contributed by atoms with Crippen LogP contribution in [-0.2, 0) is 22.4 Å². The molecule has 2 aromatic rings. The number of carbonyl (C=O) groups excluding carboxylic acids is 3. The van der Waals surface area contributed by atoms with Gasteiger partial charge in [0.1, 0.15) is 0 Å². The monoisotopic (exact) mass is 629 g/mol. The van der Waals surface area contributed by atoms with Crippen molar-refractivity contribution >= 4 is 46.9 Å². The molecule has 1 N–H and O–H groups in total. The Morgan fingerprint density at radius 1 is 0.977 bits per heavy atom. The second kappa shape index (κ2) is 13.7. The first-order valence-corrected chi connectivity index (χ1v) is 15.9. The third-order valence-electron chi connectivity index (χ3n) is 9.09. The molecule has 0 aliphatic carbocycles. The molecule has 43 heavy (non-hydrogen) atoms. The third-order valence-corrected chi connectivity index (χ3v) is 9.88. The zero-order chi connectivity index (χ0) is 30.7. The second-order valence-corrected chi connectivity index (χ2v) is 12.8. The van der Waals surface area contributed by atoms with Gasteiger partial charge in [-0.2, -0.15) is 0 Å². The first-order chi connectivity index (χ1) is 20.6. The largest absolute Gasteiger partial charge is 0.436 e. The lowest BCUT2D eigenvalue weighted by Crippen LogP contribution is -2.52. The SMILES string of the molecule is Cc1c(Cl)cc(C[C@@H](OC(=O)N2CCC(N3CCc4ccccc4NC3=O)CC2)C(=O)N2CCC(N(C)C)CC2)cc1Cl. The van der Waals surface area contributed by atoms with Crippen LogP contribution in [0.3, 0.4) is 0 Å². The fourth-order valence-electron chi connectivity index (χ4n) is 6.31. The average Bonchev–Trinajstić information content (AvgIpc) is 3.17. The summed E-state index contributed by atoms with van der Waals surface area (Å²) in [4.78, 5) is 47.7. The van der Waals surface area contributed by atoms with Gasteiger partial charge in [0.2, 0.25) is 0 Å². The van der Waals surface area contributed by atoms with E-state index in [0.717, 1.165) is 41.6 Å². The predicted octanol–water partition coefficient (Wildman–Crippen LogP) is 5.46. The van der Waals surface area contributed by atoms with Gasteiger partial charge in [0.15, 0.2) is 6.10 Å². The minimum atomic E-state index is -0.995. The molecule has 232 valence electrons. The maximum Gasteiger partial charge on any atom is 0.410 e. The molecule has 5 rings (SSSR count). The number of likely N-dealkylation sites (tertiary alicyclic amines) is 2. The van der Waals surface area contributed by atoms with E-state index in [1.807, 2.05) is 36.1 Å². The number of anilines is 1. The van der Waals surface area contributed by atoms with Gasteiger partial charge in [0.05, 0.1) is 0 Å². The van der Waals surface area contributed by atoms with Gasteiger partial charge in [-0.15, -0.1) is 0 Å². The molecule has 2 saturated heterocycles. The molecule has 11 heteroatoms. The summed E-state index contributed by atoms with van der Waals surface area (Å²) in [5.74, 6) is -0.200. The van der Waals surface area contributed by atoms with Crippen molar-refractivity contribution in [3.8, 4) is 0 Å². The highest BCUT2D eigenvalue weighted by atomic mass is 35.5. The summed E-state index contributed by atoms with van der Waals surface area (Å²) in [6, 6.07) is 11.8. The lowest BCUT2D eigenvalue weighted by atomic mass is 10.0. The number of hydrogen-bond donors (Lipinski definition) is 1. The van der Waals surface area contributed by atoms with E-state index in [9.17, 15) is 14.4 Å². The highest BCUT2D eigenvalue weighted by Gasteiger charge is 2.35. The molecular weight excluding hydrogens is 589 g/mol. The topological polar surface area (TPSA) is 85.4 Å². The lowest BCUT2D eigenvalue weighted by molar-refractivity contribution is -0.142. The Bertz CT molecular complexity index is 1320. The van der Waals surface area contributed by atoms with Gasteiger partial charge in [0, 0.05) is 67.0 Å². The number of urea groups is 1. The van der Waals surface area contributed by atoms with Crippen molar-refractivity contribution in [3.05, 3.63) is 63.1 Å². The summed E-state index contributed by atoms with van der Waals surface area (Å²) < 4.78 is 5.96. The number of benzene rings is 2. The maximum atomic E-state index is 13.8. The molecule has 3 aliphatic rings. The zero-order valence-electron chi connectivity index (χ0n) is 25.2. The van der Waals surface area contributed by atoms with Crippen LogP contribution in [0.2, 0.25) is 10.0 Å². The Balaban J connectivity index is 1.23. The maximum absolute atomic E-state index is 13.8. The van der Waals surface area contributed by atoms with E-state index in [-0.39, 0.29) is 24.4 Å². The summed E-state index contributed by atoms with van der Waals surface area (Å²) >= 11 is 12.8. The Morgan fingerprint density at radius 2 is 1.60 bits per heavy atom. The molecule has 3 aliphatic heterocycles. The molecule has 4 amide bonds. The van der Waals surface area contributed by atoms with Crippen LogP contribution in [0.25, 0.3) is 0 Å². The summed E-state index contributed by atoms with van der Waals surface area (Å²) in [5, 5.41) is 4.05. The van der Waals surface area contributed by atoms with Crippen molar-refractivity contribution in [1.29, 1.82) is 0 Å². The van der Waals surface area contributed by atoms with Gasteiger partial charge in [-0.1, -0.05) is 41.4 Å². The van der Waals surface area contributed by atoms with E-state index in [2.05, 4.69) is 24.3 Å². The van der Waals surface area contributed by atoms with Gasteiger partial charge in [-0.05, 0) is 88.0 Å². The molecule has 0 aromatic heterocycles. The van der Waals surface area contributed by atoms with Crippen molar-refractivity contribution in [2.75, 3.05) is 52.1 Å². The Morgan fingerprint density at radius 3 is 2.26 bits per heavy atom. The first kappa shape index (κ1) is 31.4. The van der Waals surface area contributed by atoms with Crippen LogP contribution in [0, 0.1) is 6.92 Å². The number of nitrogens with zero attached hydrogens (tertiary/aromatic N) is 4. The number of hydrogen-bond acceptors (Lipinski definition) is 5. The number of fused-ring (bicyclic) bond motifs is 1. The second-order valence-electron chi connectivity index (χ2n) is 12.0. The molecular formula is C32H41Cl2N5O4. The van der Waals surface area contributed by atoms with Crippen molar-refractivity contribution < 1.29 is 19.1 Å². The molecule has 9 nitrogen and oxygen atoms in total. The average molecular weight is 631 g/mol. The van der Waals surface area contributed by atoms with Gasteiger partial charge >= 0.3 is 12.1 Å². The van der Waals surface area contributed by atoms with Crippen LogP contribution in [0.1, 0.15) is 42.4 Å². The Kier molecular flexibility index (Phi) is 10.0. The number of para-hydroxylation sites is 1. The van der Waals surface area contributed by atoms with E-state index >= 15 is 0 Å². The smallest absolute Gasteiger partial charge is 0.410 e. The van der Waals surface area contributed by atoms with Crippen LogP contribution in [-0.4, -0.2) is 103 Å². The normalized spacial score (nSPS) is 19.1. The molecule has 0 saturated carbocycles. The fraction of sp³-hybridized carbons (Fsp3) is 0.531. The van der Waals surface area contributed by atoms with Gasteiger partial charge < -0.3 is 29.7 Å². The van der Waals surface area contributed by atoms with E-state index in [4.69, 9.17) is 27.9 Å². The van der Waals surface area contributed by atoms with Gasteiger partial charge in [-0.25, -0.2) is 9.59 Å². The van der Waals surface area contributed by atoms with E-state index in [0.29, 0.717) is 61.7 Å². The molecule has 1 atom stereocenters. The highest BCUT2D eigenvalue weighted by Crippen LogP contribution is 2.28. The third kappa shape index (κ3) is 7.39. The first-order valence-electron chi connectivity index (χ1n) is 15.1. The van der Waals surface area contributed by atoms with Crippen LogP contribution in [0.4, 0.5) is 15.3 Å². The number of ether oxygens (including phenoxy) is 1. The minimum absolute atomic E-state index is 0.0191. The van der Waals surface area contributed by atoms with Crippen molar-refractivity contribution in [3.63, 3.8) is 0 Å². The van der Waals surface area contributed by atoms with E-state index < -0.39 is 12.2 Å². The van der Waals surface area contributed by atoms with E-state index in [1.54, 1.807) is 21.9 Å².